The molecule has 0 aliphatic heterocycles. The fourth-order valence-electron chi connectivity index (χ4n) is 2.39. The van der Waals surface area contributed by atoms with Crippen molar-refractivity contribution in [2.75, 3.05) is 0 Å². The van der Waals surface area contributed by atoms with Crippen LogP contribution >= 0.6 is 0 Å². The molecule has 0 fully saturated rings. The second kappa shape index (κ2) is 6.10. The van der Waals surface area contributed by atoms with E-state index in [1.165, 1.54) is 11.1 Å². The summed E-state index contributed by atoms with van der Waals surface area (Å²) in [7, 11) is 0. The van der Waals surface area contributed by atoms with Crippen molar-refractivity contribution in [3.8, 4) is 5.75 Å². The zero-order valence-corrected chi connectivity index (χ0v) is 12.7. The molecule has 2 atom stereocenters. The van der Waals surface area contributed by atoms with Crippen molar-refractivity contribution in [1.29, 1.82) is 0 Å². The first-order valence-electron chi connectivity index (χ1n) is 7.03. The molecule has 2 rings (SSSR count). The first-order chi connectivity index (χ1) is 9.47. The minimum absolute atomic E-state index is 0.0718. The Hall–Kier alpha value is -1.80. The Bertz CT molecular complexity index is 590. The molecule has 0 radical (unpaired) electrons. The highest BCUT2D eigenvalue weighted by Gasteiger charge is 2.19. The van der Waals surface area contributed by atoms with Crippen LogP contribution in [0.3, 0.4) is 0 Å². The molecule has 2 heteroatoms. The van der Waals surface area contributed by atoms with Crippen LogP contribution in [-0.2, 0) is 0 Å². The van der Waals surface area contributed by atoms with Gasteiger partial charge in [0.05, 0.1) is 0 Å². The largest absolute Gasteiger partial charge is 0.484 e. The van der Waals surface area contributed by atoms with Crippen LogP contribution in [0.25, 0.3) is 0 Å². The van der Waals surface area contributed by atoms with E-state index < -0.39 is 0 Å². The average Bonchev–Trinajstić information content (AvgIpc) is 2.37. The molecule has 0 saturated carbocycles. The summed E-state index contributed by atoms with van der Waals surface area (Å²) < 4.78 is 6.18. The maximum Gasteiger partial charge on any atom is 0.138 e. The smallest absolute Gasteiger partial charge is 0.138 e. The third-order valence-electron chi connectivity index (χ3n) is 3.43. The fraction of sp³-hybridized carbons (Fsp3) is 0.333. The Labute approximate surface area is 121 Å². The summed E-state index contributed by atoms with van der Waals surface area (Å²) in [6, 6.07) is 14.5. The van der Waals surface area contributed by atoms with Crippen molar-refractivity contribution < 1.29 is 4.74 Å². The number of hydrogen-bond donors (Lipinski definition) is 1. The first-order valence-corrected chi connectivity index (χ1v) is 7.03. The van der Waals surface area contributed by atoms with Crippen LogP contribution in [0.15, 0.2) is 42.5 Å². The highest BCUT2D eigenvalue weighted by molar-refractivity contribution is 5.37. The minimum atomic E-state index is -0.128. The lowest BCUT2D eigenvalue weighted by Crippen LogP contribution is -2.29. The zero-order chi connectivity index (χ0) is 14.7. The quantitative estimate of drug-likeness (QED) is 0.907. The second-order valence-electron chi connectivity index (χ2n) is 5.58. The highest BCUT2D eigenvalue weighted by Crippen LogP contribution is 2.27. The van der Waals surface area contributed by atoms with Crippen LogP contribution in [0.5, 0.6) is 5.75 Å². The Morgan fingerprint density at radius 1 is 0.950 bits per heavy atom. The van der Waals surface area contributed by atoms with Gasteiger partial charge in [-0.2, -0.15) is 0 Å². The summed E-state index contributed by atoms with van der Waals surface area (Å²) in [6.45, 7) is 8.21. The van der Waals surface area contributed by atoms with E-state index in [1.54, 1.807) is 0 Å². The van der Waals surface area contributed by atoms with E-state index in [0.29, 0.717) is 0 Å². The van der Waals surface area contributed by atoms with Gasteiger partial charge in [0.1, 0.15) is 11.9 Å². The van der Waals surface area contributed by atoms with Crippen LogP contribution in [0.2, 0.25) is 0 Å². The number of benzene rings is 2. The zero-order valence-electron chi connectivity index (χ0n) is 12.7. The maximum atomic E-state index is 6.18. The molecule has 0 heterocycles. The maximum absolute atomic E-state index is 6.18. The van der Waals surface area contributed by atoms with Gasteiger partial charge in [-0.15, -0.1) is 0 Å². The van der Waals surface area contributed by atoms with E-state index in [4.69, 9.17) is 10.5 Å². The summed E-state index contributed by atoms with van der Waals surface area (Å²) in [6.07, 6.45) is -0.128. The summed E-state index contributed by atoms with van der Waals surface area (Å²) in [5.74, 6) is 0.902. The van der Waals surface area contributed by atoms with Gasteiger partial charge in [0.2, 0.25) is 0 Å². The van der Waals surface area contributed by atoms with Crippen molar-refractivity contribution in [1.82, 2.24) is 0 Å². The minimum Gasteiger partial charge on any atom is -0.484 e. The molecule has 0 saturated heterocycles. The molecule has 2 N–H and O–H groups in total. The standard InChI is InChI=1S/C18H23NO/c1-12-6-5-7-16(11-12)18(15(4)19)20-17-9-8-13(2)10-14(17)3/h5-11,15,18H,19H2,1-4H3. The summed E-state index contributed by atoms with van der Waals surface area (Å²) >= 11 is 0. The van der Waals surface area contributed by atoms with Crippen molar-refractivity contribution in [2.24, 2.45) is 5.73 Å². The normalized spacial score (nSPS) is 13.8. The van der Waals surface area contributed by atoms with Crippen LogP contribution in [0.1, 0.15) is 35.3 Å². The molecule has 0 spiro atoms. The molecule has 2 nitrogen and oxygen atoms in total. The Morgan fingerprint density at radius 3 is 2.25 bits per heavy atom. The fourth-order valence-corrected chi connectivity index (χ4v) is 2.39. The Morgan fingerprint density at radius 2 is 1.65 bits per heavy atom. The number of ether oxygens (including phenoxy) is 1. The average molecular weight is 269 g/mol. The number of rotatable bonds is 4. The van der Waals surface area contributed by atoms with Gasteiger partial charge in [-0.05, 0) is 44.9 Å². The lowest BCUT2D eigenvalue weighted by Gasteiger charge is -2.24. The molecule has 0 amide bonds. The highest BCUT2D eigenvalue weighted by atomic mass is 16.5. The molecule has 2 unspecified atom stereocenters. The molecular weight excluding hydrogens is 246 g/mol. The number of hydrogen-bond acceptors (Lipinski definition) is 2. The van der Waals surface area contributed by atoms with Crippen molar-refractivity contribution in [3.63, 3.8) is 0 Å². The lowest BCUT2D eigenvalue weighted by molar-refractivity contribution is 0.179. The lowest BCUT2D eigenvalue weighted by atomic mass is 10.0. The number of nitrogens with two attached hydrogens (primary N) is 1. The molecule has 0 aliphatic rings. The third-order valence-corrected chi connectivity index (χ3v) is 3.43. The number of aryl methyl sites for hydroxylation is 3. The van der Waals surface area contributed by atoms with Crippen molar-refractivity contribution in [3.05, 3.63) is 64.7 Å². The van der Waals surface area contributed by atoms with E-state index >= 15 is 0 Å². The topological polar surface area (TPSA) is 35.2 Å². The first kappa shape index (κ1) is 14.6. The van der Waals surface area contributed by atoms with Gasteiger partial charge in [-0.25, -0.2) is 0 Å². The Balaban J connectivity index is 2.30. The molecule has 0 aromatic heterocycles. The molecule has 2 aromatic rings. The van der Waals surface area contributed by atoms with Gasteiger partial charge in [-0.3, -0.25) is 0 Å². The van der Waals surface area contributed by atoms with Crippen molar-refractivity contribution >= 4 is 0 Å². The third kappa shape index (κ3) is 3.40. The van der Waals surface area contributed by atoms with Gasteiger partial charge in [0.15, 0.2) is 0 Å². The van der Waals surface area contributed by atoms with Gasteiger partial charge in [0, 0.05) is 6.04 Å². The molecule has 2 aromatic carbocycles. The summed E-state index contributed by atoms with van der Waals surface area (Å²) in [4.78, 5) is 0. The van der Waals surface area contributed by atoms with Crippen LogP contribution < -0.4 is 10.5 Å². The van der Waals surface area contributed by atoms with Gasteiger partial charge in [-0.1, -0.05) is 47.5 Å². The molecular formula is C18H23NO. The van der Waals surface area contributed by atoms with Crippen LogP contribution in [0, 0.1) is 20.8 Å². The van der Waals surface area contributed by atoms with Gasteiger partial charge >= 0.3 is 0 Å². The second-order valence-corrected chi connectivity index (χ2v) is 5.58. The van der Waals surface area contributed by atoms with Crippen LogP contribution in [-0.4, -0.2) is 6.04 Å². The van der Waals surface area contributed by atoms with Crippen molar-refractivity contribution in [2.45, 2.75) is 39.8 Å². The molecule has 20 heavy (non-hydrogen) atoms. The molecule has 106 valence electrons. The summed E-state index contributed by atoms with van der Waals surface area (Å²) in [5.41, 5.74) is 10.8. The van der Waals surface area contributed by atoms with E-state index in [9.17, 15) is 0 Å². The monoisotopic (exact) mass is 269 g/mol. The van der Waals surface area contributed by atoms with Crippen LogP contribution in [0.4, 0.5) is 0 Å². The van der Waals surface area contributed by atoms with E-state index in [1.807, 2.05) is 19.1 Å². The Kier molecular flexibility index (Phi) is 4.46. The molecule has 0 aliphatic carbocycles. The van der Waals surface area contributed by atoms with E-state index in [2.05, 4.69) is 51.1 Å². The molecule has 0 bridgehead atoms. The predicted molar refractivity (Wildman–Crippen MR) is 84.1 cm³/mol. The van der Waals surface area contributed by atoms with Gasteiger partial charge < -0.3 is 10.5 Å². The SMILES string of the molecule is Cc1cccc(C(Oc2ccc(C)cc2C)C(C)N)c1. The predicted octanol–water partition coefficient (Wildman–Crippen LogP) is 4.08. The van der Waals surface area contributed by atoms with Gasteiger partial charge in [0.25, 0.3) is 0 Å². The van der Waals surface area contributed by atoms with E-state index in [0.717, 1.165) is 16.9 Å². The van der Waals surface area contributed by atoms with E-state index in [-0.39, 0.29) is 12.1 Å². The summed E-state index contributed by atoms with van der Waals surface area (Å²) in [5, 5.41) is 0.